The fraction of sp³-hybridized carbons (Fsp3) is 0.231. The van der Waals surface area contributed by atoms with Gasteiger partial charge in [0, 0.05) is 12.1 Å². The fourth-order valence-corrected chi connectivity index (χ4v) is 1.54. The van der Waals surface area contributed by atoms with E-state index in [2.05, 4.69) is 14.2 Å². The summed E-state index contributed by atoms with van der Waals surface area (Å²) in [6.45, 7) is 0.335. The zero-order chi connectivity index (χ0) is 15.2. The number of carbonyl (C=O) groups is 4. The van der Waals surface area contributed by atoms with Gasteiger partial charge in [-0.25, -0.2) is 0 Å². The molecule has 8 nitrogen and oxygen atoms in total. The summed E-state index contributed by atoms with van der Waals surface area (Å²) in [4.78, 5) is 43.0. The van der Waals surface area contributed by atoms with Gasteiger partial charge in [0.25, 0.3) is 19.4 Å². The van der Waals surface area contributed by atoms with Gasteiger partial charge in [-0.05, 0) is 12.8 Å². The van der Waals surface area contributed by atoms with E-state index in [-0.39, 0.29) is 48.3 Å². The second-order valence-corrected chi connectivity index (χ2v) is 4.08. The van der Waals surface area contributed by atoms with E-state index in [4.69, 9.17) is 4.74 Å². The van der Waals surface area contributed by atoms with E-state index in [1.807, 2.05) is 0 Å². The molecule has 1 aromatic rings. The number of benzene rings is 1. The molecule has 0 saturated heterocycles. The predicted octanol–water partition coefficient (Wildman–Crippen LogP) is 0.608. The molecule has 0 spiro atoms. The molecule has 8 heteroatoms. The van der Waals surface area contributed by atoms with E-state index in [9.17, 15) is 19.2 Å². The van der Waals surface area contributed by atoms with Crippen molar-refractivity contribution < 1.29 is 38.1 Å². The van der Waals surface area contributed by atoms with Gasteiger partial charge in [0.15, 0.2) is 23.0 Å². The molecule has 0 aliphatic heterocycles. The van der Waals surface area contributed by atoms with Crippen molar-refractivity contribution in [3.63, 3.8) is 0 Å². The van der Waals surface area contributed by atoms with Crippen molar-refractivity contribution >= 4 is 25.4 Å². The first-order chi connectivity index (χ1) is 10.2. The van der Waals surface area contributed by atoms with Crippen molar-refractivity contribution in [3.8, 4) is 23.0 Å². The molecule has 110 valence electrons. The third kappa shape index (κ3) is 3.56. The Labute approximate surface area is 118 Å². The van der Waals surface area contributed by atoms with Gasteiger partial charge in [0.2, 0.25) is 0 Å². The summed E-state index contributed by atoms with van der Waals surface area (Å²) >= 11 is 0. The van der Waals surface area contributed by atoms with Gasteiger partial charge in [-0.2, -0.15) is 0 Å². The fourth-order valence-electron chi connectivity index (χ4n) is 1.54. The molecule has 1 fully saturated rings. The summed E-state index contributed by atoms with van der Waals surface area (Å²) < 4.78 is 19.0. The van der Waals surface area contributed by atoms with Crippen molar-refractivity contribution in [2.45, 2.75) is 12.8 Å². The molecule has 1 saturated carbocycles. The third-order valence-electron chi connectivity index (χ3n) is 2.66. The Kier molecular flexibility index (Phi) is 4.50. The Morgan fingerprint density at radius 2 is 1.29 bits per heavy atom. The summed E-state index contributed by atoms with van der Waals surface area (Å²) in [5.41, 5.74) is 0. The second kappa shape index (κ2) is 6.51. The van der Waals surface area contributed by atoms with Crippen LogP contribution in [0, 0.1) is 5.92 Å². The molecule has 1 aliphatic carbocycles. The van der Waals surface area contributed by atoms with Gasteiger partial charge in [-0.1, -0.05) is 0 Å². The van der Waals surface area contributed by atoms with Crippen LogP contribution in [0.5, 0.6) is 23.0 Å². The van der Waals surface area contributed by atoms with Crippen molar-refractivity contribution in [2.75, 3.05) is 0 Å². The minimum Gasteiger partial charge on any atom is -0.425 e. The number of carbonyl (C=O) groups excluding carboxylic acids is 4. The lowest BCUT2D eigenvalue weighted by atomic mass is 10.2. The Balaban J connectivity index is 2.35. The van der Waals surface area contributed by atoms with Crippen LogP contribution in [-0.4, -0.2) is 25.4 Å². The Bertz CT molecular complexity index is 576. The van der Waals surface area contributed by atoms with Crippen molar-refractivity contribution in [2.24, 2.45) is 5.92 Å². The Morgan fingerprint density at radius 1 is 0.857 bits per heavy atom. The molecule has 0 heterocycles. The van der Waals surface area contributed by atoms with Gasteiger partial charge in [-0.3, -0.25) is 19.2 Å². The molecule has 1 aliphatic rings. The maximum absolute atomic E-state index is 11.6. The van der Waals surface area contributed by atoms with Crippen LogP contribution < -0.4 is 18.9 Å². The number of ether oxygens (including phenoxy) is 4. The summed E-state index contributed by atoms with van der Waals surface area (Å²) in [6, 6.07) is 2.21. The average molecular weight is 294 g/mol. The van der Waals surface area contributed by atoms with E-state index in [0.717, 1.165) is 25.0 Å². The van der Waals surface area contributed by atoms with Crippen LogP contribution in [0.15, 0.2) is 12.1 Å². The number of hydrogen-bond donors (Lipinski definition) is 0. The molecule has 1 aromatic carbocycles. The summed E-state index contributed by atoms with van der Waals surface area (Å²) in [7, 11) is 0. The highest BCUT2D eigenvalue weighted by atomic mass is 16.6. The van der Waals surface area contributed by atoms with E-state index in [1.54, 1.807) is 0 Å². The molecular formula is C13H10O8. The summed E-state index contributed by atoms with van der Waals surface area (Å²) in [6.07, 6.45) is 1.46. The van der Waals surface area contributed by atoms with Gasteiger partial charge in [0.05, 0.1) is 5.92 Å². The summed E-state index contributed by atoms with van der Waals surface area (Å²) in [5, 5.41) is 0. The van der Waals surface area contributed by atoms with E-state index in [1.165, 1.54) is 0 Å². The molecule has 0 N–H and O–H groups in total. The zero-order valence-corrected chi connectivity index (χ0v) is 10.6. The normalized spacial score (nSPS) is 13.0. The minimum absolute atomic E-state index is 0.105. The number of esters is 1. The van der Waals surface area contributed by atoms with Crippen LogP contribution in [0.3, 0.4) is 0 Å². The van der Waals surface area contributed by atoms with Crippen LogP contribution in [0.25, 0.3) is 0 Å². The molecule has 0 atom stereocenters. The second-order valence-electron chi connectivity index (χ2n) is 4.08. The molecule has 21 heavy (non-hydrogen) atoms. The monoisotopic (exact) mass is 294 g/mol. The lowest BCUT2D eigenvalue weighted by molar-refractivity contribution is -0.136. The topological polar surface area (TPSA) is 105 Å². The maximum Gasteiger partial charge on any atom is 0.314 e. The van der Waals surface area contributed by atoms with Crippen LogP contribution in [-0.2, 0) is 19.2 Å². The molecule has 0 amide bonds. The maximum atomic E-state index is 11.6. The highest BCUT2D eigenvalue weighted by molar-refractivity contribution is 5.79. The smallest absolute Gasteiger partial charge is 0.314 e. The molecule has 0 bridgehead atoms. The first-order valence-electron chi connectivity index (χ1n) is 5.90. The van der Waals surface area contributed by atoms with Crippen LogP contribution in [0.2, 0.25) is 0 Å². The van der Waals surface area contributed by atoms with Gasteiger partial charge < -0.3 is 18.9 Å². The lowest BCUT2D eigenvalue weighted by Gasteiger charge is -2.12. The molecule has 0 radical (unpaired) electrons. The highest BCUT2D eigenvalue weighted by Crippen LogP contribution is 2.41. The predicted molar refractivity (Wildman–Crippen MR) is 64.9 cm³/mol. The third-order valence-corrected chi connectivity index (χ3v) is 2.66. The van der Waals surface area contributed by atoms with E-state index < -0.39 is 5.97 Å². The first kappa shape index (κ1) is 14.5. The SMILES string of the molecule is O=COc1cc(OC=O)c(OC(=O)C2CC2)cc1OC=O. The highest BCUT2D eigenvalue weighted by Gasteiger charge is 2.32. The number of hydrogen-bond acceptors (Lipinski definition) is 8. The van der Waals surface area contributed by atoms with E-state index >= 15 is 0 Å². The van der Waals surface area contributed by atoms with Crippen molar-refractivity contribution in [3.05, 3.63) is 12.1 Å². The molecule has 0 unspecified atom stereocenters. The van der Waals surface area contributed by atoms with Gasteiger partial charge in [0.1, 0.15) is 0 Å². The molecule has 2 rings (SSSR count). The van der Waals surface area contributed by atoms with Gasteiger partial charge >= 0.3 is 5.97 Å². The van der Waals surface area contributed by atoms with Crippen LogP contribution in [0.4, 0.5) is 0 Å². The average Bonchev–Trinajstić information content (AvgIpc) is 3.28. The van der Waals surface area contributed by atoms with Gasteiger partial charge in [-0.15, -0.1) is 0 Å². The first-order valence-corrected chi connectivity index (χ1v) is 5.90. The lowest BCUT2D eigenvalue weighted by Crippen LogP contribution is -2.11. The standard InChI is InChI=1S/C13H10O8/c14-5-18-9-3-11(20-7-16)12(4-10(9)19-6-15)21-13(17)8-1-2-8/h3-8H,1-2H2. The van der Waals surface area contributed by atoms with Crippen molar-refractivity contribution in [1.82, 2.24) is 0 Å². The Hall–Kier alpha value is -2.90. The van der Waals surface area contributed by atoms with Crippen molar-refractivity contribution in [1.29, 1.82) is 0 Å². The summed E-state index contributed by atoms with van der Waals surface area (Å²) in [5.74, 6) is -1.25. The zero-order valence-electron chi connectivity index (χ0n) is 10.6. The van der Waals surface area contributed by atoms with Crippen LogP contribution >= 0.6 is 0 Å². The van der Waals surface area contributed by atoms with Crippen LogP contribution in [0.1, 0.15) is 12.8 Å². The minimum atomic E-state index is -0.480. The largest absolute Gasteiger partial charge is 0.425 e. The Morgan fingerprint density at radius 3 is 1.71 bits per heavy atom. The quantitative estimate of drug-likeness (QED) is 0.390. The van der Waals surface area contributed by atoms with E-state index in [0.29, 0.717) is 0 Å². The molecule has 0 aromatic heterocycles. The molecular weight excluding hydrogens is 284 g/mol. The number of rotatable bonds is 8.